The molecule has 0 spiro atoms. The average Bonchev–Trinajstić information content (AvgIpc) is 3.03. The van der Waals surface area contributed by atoms with Crippen LogP contribution in [0, 0.1) is 23.2 Å². The van der Waals surface area contributed by atoms with Crippen LogP contribution in [0.2, 0.25) is 0 Å². The van der Waals surface area contributed by atoms with Crippen molar-refractivity contribution in [1.29, 1.82) is 0 Å². The Kier molecular flexibility index (Phi) is 6.17. The fourth-order valence-electron chi connectivity index (χ4n) is 4.31. The topological polar surface area (TPSA) is 92.7 Å². The van der Waals surface area contributed by atoms with Gasteiger partial charge in [0, 0.05) is 4.88 Å². The maximum atomic E-state index is 12.9. The van der Waals surface area contributed by atoms with Gasteiger partial charge in [-0.05, 0) is 49.0 Å². The Morgan fingerprint density at radius 3 is 2.41 bits per heavy atom. The van der Waals surface area contributed by atoms with Gasteiger partial charge in [0.25, 0.3) is 0 Å². The van der Waals surface area contributed by atoms with Gasteiger partial charge in [0.1, 0.15) is 5.00 Å². The summed E-state index contributed by atoms with van der Waals surface area (Å²) in [5.41, 5.74) is 1.57. The fourth-order valence-corrected chi connectivity index (χ4v) is 5.63. The van der Waals surface area contributed by atoms with Crippen LogP contribution >= 0.6 is 11.3 Å². The number of carbonyl (C=O) groups excluding carboxylic acids is 2. The van der Waals surface area contributed by atoms with Gasteiger partial charge in [-0.1, -0.05) is 32.9 Å². The highest BCUT2D eigenvalue weighted by atomic mass is 32.1. The van der Waals surface area contributed by atoms with Crippen molar-refractivity contribution >= 4 is 34.2 Å². The Bertz CT molecular complexity index is 848. The highest BCUT2D eigenvalue weighted by Gasteiger charge is 2.37. The van der Waals surface area contributed by atoms with Gasteiger partial charge in [-0.15, -0.1) is 11.3 Å². The van der Waals surface area contributed by atoms with E-state index in [1.807, 2.05) is 6.08 Å². The monoisotopic (exact) mass is 419 g/mol. The Labute approximate surface area is 175 Å². The van der Waals surface area contributed by atoms with Crippen LogP contribution in [0.4, 0.5) is 5.00 Å². The van der Waals surface area contributed by atoms with Crippen LogP contribution in [-0.4, -0.2) is 30.1 Å². The molecule has 1 heterocycles. The smallest absolute Gasteiger partial charge is 0.341 e. The Hall–Kier alpha value is -2.15. The third-order valence-electron chi connectivity index (χ3n) is 6.20. The van der Waals surface area contributed by atoms with Crippen LogP contribution in [0.1, 0.15) is 60.8 Å². The fraction of sp³-hybridized carbons (Fsp3) is 0.591. The van der Waals surface area contributed by atoms with E-state index in [4.69, 9.17) is 4.74 Å². The third-order valence-corrected chi connectivity index (χ3v) is 7.37. The van der Waals surface area contributed by atoms with Crippen molar-refractivity contribution in [3.05, 3.63) is 28.2 Å². The second-order valence-corrected chi connectivity index (χ2v) is 10.1. The van der Waals surface area contributed by atoms with E-state index in [2.05, 4.69) is 26.1 Å². The van der Waals surface area contributed by atoms with Crippen LogP contribution < -0.4 is 5.32 Å². The number of ether oxygens (including phenoxy) is 1. The highest BCUT2D eigenvalue weighted by Crippen LogP contribution is 2.44. The number of fused-ring (bicyclic) bond motifs is 1. The molecule has 1 amide bonds. The van der Waals surface area contributed by atoms with Crippen LogP contribution in [0.15, 0.2) is 12.2 Å². The first-order chi connectivity index (χ1) is 13.6. The molecule has 1 aromatic heterocycles. The predicted octanol–water partition coefficient (Wildman–Crippen LogP) is 4.29. The van der Waals surface area contributed by atoms with E-state index < -0.39 is 23.8 Å². The standard InChI is InChI=1S/C22H29NO5S/c1-22(2,3)12-9-10-15-16(11-12)29-19(17(15)21(27)28-4)23-18(24)13-7-5-6-8-14(13)20(25)26/h5-6,12-14H,7-11H2,1-4H3,(H,23,24)(H,25,26)/t12-,13-,14-/m0/s1. The number of rotatable bonds is 4. The van der Waals surface area contributed by atoms with Gasteiger partial charge in [0.05, 0.1) is 24.5 Å². The predicted molar refractivity (Wildman–Crippen MR) is 112 cm³/mol. The molecular weight excluding hydrogens is 390 g/mol. The molecule has 2 aliphatic rings. The van der Waals surface area contributed by atoms with E-state index in [0.717, 1.165) is 29.7 Å². The zero-order valence-corrected chi connectivity index (χ0v) is 18.2. The zero-order chi connectivity index (χ0) is 21.3. The second-order valence-electron chi connectivity index (χ2n) is 8.99. The molecule has 0 bridgehead atoms. The van der Waals surface area contributed by atoms with Gasteiger partial charge >= 0.3 is 11.9 Å². The second kappa shape index (κ2) is 8.30. The summed E-state index contributed by atoms with van der Waals surface area (Å²) in [4.78, 5) is 38.1. The quantitative estimate of drug-likeness (QED) is 0.561. The van der Waals surface area contributed by atoms with Crippen molar-refractivity contribution in [3.63, 3.8) is 0 Å². The normalized spacial score (nSPS) is 23.9. The van der Waals surface area contributed by atoms with Gasteiger partial charge in [0.15, 0.2) is 0 Å². The molecule has 29 heavy (non-hydrogen) atoms. The maximum absolute atomic E-state index is 12.9. The van der Waals surface area contributed by atoms with Gasteiger partial charge in [0.2, 0.25) is 5.91 Å². The van der Waals surface area contributed by atoms with Crippen molar-refractivity contribution in [2.75, 3.05) is 12.4 Å². The van der Waals surface area contributed by atoms with E-state index in [9.17, 15) is 19.5 Å². The minimum atomic E-state index is -0.971. The molecule has 2 aliphatic carbocycles. The molecule has 0 saturated heterocycles. The average molecular weight is 420 g/mol. The molecule has 0 saturated carbocycles. The van der Waals surface area contributed by atoms with Crippen molar-refractivity contribution in [3.8, 4) is 0 Å². The number of carboxylic acids is 1. The molecule has 0 unspecified atom stereocenters. The van der Waals surface area contributed by atoms with E-state index >= 15 is 0 Å². The molecule has 0 fully saturated rings. The van der Waals surface area contributed by atoms with Gasteiger partial charge in [-0.25, -0.2) is 4.79 Å². The summed E-state index contributed by atoms with van der Waals surface area (Å²) < 4.78 is 4.99. The summed E-state index contributed by atoms with van der Waals surface area (Å²) in [5, 5.41) is 12.8. The minimum Gasteiger partial charge on any atom is -0.481 e. The first-order valence-electron chi connectivity index (χ1n) is 10.0. The molecule has 3 rings (SSSR count). The van der Waals surface area contributed by atoms with Crippen LogP contribution in [0.3, 0.4) is 0 Å². The number of nitrogens with one attached hydrogen (secondary N) is 1. The molecule has 0 aliphatic heterocycles. The Morgan fingerprint density at radius 1 is 1.17 bits per heavy atom. The number of anilines is 1. The molecule has 158 valence electrons. The lowest BCUT2D eigenvalue weighted by atomic mass is 9.72. The van der Waals surface area contributed by atoms with Gasteiger partial charge in [-0.2, -0.15) is 0 Å². The molecule has 7 heteroatoms. The molecular formula is C22H29NO5S. The number of hydrogen-bond acceptors (Lipinski definition) is 5. The van der Waals surface area contributed by atoms with E-state index in [0.29, 0.717) is 29.3 Å². The van der Waals surface area contributed by atoms with Crippen molar-refractivity contribution < 1.29 is 24.2 Å². The number of hydrogen-bond donors (Lipinski definition) is 2. The first-order valence-corrected chi connectivity index (χ1v) is 10.9. The van der Waals surface area contributed by atoms with Crippen molar-refractivity contribution in [1.82, 2.24) is 0 Å². The van der Waals surface area contributed by atoms with E-state index in [1.54, 1.807) is 6.08 Å². The Morgan fingerprint density at radius 2 is 1.83 bits per heavy atom. The summed E-state index contributed by atoms with van der Waals surface area (Å²) in [6.45, 7) is 6.68. The van der Waals surface area contributed by atoms with Crippen LogP contribution in [-0.2, 0) is 27.2 Å². The van der Waals surface area contributed by atoms with Crippen molar-refractivity contribution in [2.45, 2.75) is 52.9 Å². The third kappa shape index (κ3) is 4.39. The maximum Gasteiger partial charge on any atom is 0.341 e. The van der Waals surface area contributed by atoms with Gasteiger partial charge < -0.3 is 15.2 Å². The van der Waals surface area contributed by atoms with E-state index in [1.165, 1.54) is 18.4 Å². The number of amides is 1. The summed E-state index contributed by atoms with van der Waals surface area (Å²) in [6, 6.07) is 0. The summed E-state index contributed by atoms with van der Waals surface area (Å²) in [7, 11) is 1.34. The first kappa shape index (κ1) is 21.6. The summed E-state index contributed by atoms with van der Waals surface area (Å²) in [6.07, 6.45) is 7.00. The summed E-state index contributed by atoms with van der Waals surface area (Å²) >= 11 is 1.43. The minimum absolute atomic E-state index is 0.166. The molecule has 6 nitrogen and oxygen atoms in total. The van der Waals surface area contributed by atoms with Crippen molar-refractivity contribution in [2.24, 2.45) is 23.2 Å². The lowest BCUT2D eigenvalue weighted by molar-refractivity contribution is -0.146. The van der Waals surface area contributed by atoms with Crippen LogP contribution in [0.5, 0.6) is 0 Å². The number of allylic oxidation sites excluding steroid dienone is 2. The number of thiophene rings is 1. The molecule has 3 atom stereocenters. The zero-order valence-electron chi connectivity index (χ0n) is 17.4. The summed E-state index contributed by atoms with van der Waals surface area (Å²) in [5.74, 6) is -2.67. The molecule has 0 aromatic carbocycles. The van der Waals surface area contributed by atoms with Gasteiger partial charge in [-0.3, -0.25) is 9.59 Å². The number of carboxylic acid groups (broad SMARTS) is 1. The molecule has 2 N–H and O–H groups in total. The Balaban J connectivity index is 1.90. The lowest BCUT2D eigenvalue weighted by Gasteiger charge is -2.33. The highest BCUT2D eigenvalue weighted by molar-refractivity contribution is 7.17. The SMILES string of the molecule is COC(=O)c1c(NC(=O)[C@H]2CC=CC[C@@H]2C(=O)O)sc2c1CC[C@H](C(C)(C)C)C2. The lowest BCUT2D eigenvalue weighted by Crippen LogP contribution is -2.34. The largest absolute Gasteiger partial charge is 0.481 e. The number of carbonyl (C=O) groups is 3. The number of esters is 1. The van der Waals surface area contributed by atoms with E-state index in [-0.39, 0.29) is 11.3 Å². The van der Waals surface area contributed by atoms with Crippen LogP contribution in [0.25, 0.3) is 0 Å². The molecule has 1 aromatic rings. The number of aliphatic carboxylic acids is 1. The molecule has 0 radical (unpaired) electrons. The number of methoxy groups -OCH3 is 1.